The summed E-state index contributed by atoms with van der Waals surface area (Å²) in [6, 6.07) is 7.85. The van der Waals surface area contributed by atoms with Crippen molar-refractivity contribution in [2.75, 3.05) is 26.9 Å². The van der Waals surface area contributed by atoms with Crippen LogP contribution in [0.3, 0.4) is 0 Å². The van der Waals surface area contributed by atoms with Crippen LogP contribution < -0.4 is 10.5 Å². The third-order valence-electron chi connectivity index (χ3n) is 3.16. The number of methoxy groups -OCH3 is 1. The van der Waals surface area contributed by atoms with Crippen molar-refractivity contribution < 1.29 is 14.2 Å². The molecular formula is C16H27NO3. The molecule has 0 spiro atoms. The molecule has 2 atom stereocenters. The zero-order valence-corrected chi connectivity index (χ0v) is 12.8. The Morgan fingerprint density at radius 1 is 1.15 bits per heavy atom. The Morgan fingerprint density at radius 2 is 1.95 bits per heavy atom. The van der Waals surface area contributed by atoms with E-state index in [1.807, 2.05) is 24.3 Å². The summed E-state index contributed by atoms with van der Waals surface area (Å²) in [6.45, 7) is 6.08. The van der Waals surface area contributed by atoms with Crippen LogP contribution in [0.15, 0.2) is 24.3 Å². The van der Waals surface area contributed by atoms with Crippen LogP contribution in [-0.2, 0) is 9.47 Å². The van der Waals surface area contributed by atoms with E-state index in [0.717, 1.165) is 30.8 Å². The summed E-state index contributed by atoms with van der Waals surface area (Å²) in [6.07, 6.45) is 1.76. The van der Waals surface area contributed by atoms with Gasteiger partial charge in [0.1, 0.15) is 5.75 Å². The van der Waals surface area contributed by atoms with Gasteiger partial charge in [-0.05, 0) is 30.5 Å². The summed E-state index contributed by atoms with van der Waals surface area (Å²) in [7, 11) is 1.66. The average molecular weight is 281 g/mol. The fraction of sp³-hybridized carbons (Fsp3) is 0.625. The van der Waals surface area contributed by atoms with E-state index in [1.54, 1.807) is 7.11 Å². The minimum atomic E-state index is -0.125. The Bertz CT molecular complexity index is 370. The third-order valence-corrected chi connectivity index (χ3v) is 3.16. The van der Waals surface area contributed by atoms with Gasteiger partial charge in [0.15, 0.2) is 0 Å². The molecule has 1 aromatic carbocycles. The molecule has 1 aromatic rings. The molecule has 0 saturated carbocycles. The summed E-state index contributed by atoms with van der Waals surface area (Å²) in [5, 5.41) is 0. The number of ether oxygens (including phenoxy) is 3. The van der Waals surface area contributed by atoms with E-state index in [0.29, 0.717) is 13.2 Å². The summed E-state index contributed by atoms with van der Waals surface area (Å²) in [5.41, 5.74) is 7.23. The van der Waals surface area contributed by atoms with Crippen molar-refractivity contribution >= 4 is 0 Å². The Labute approximate surface area is 122 Å². The lowest BCUT2D eigenvalue weighted by Crippen LogP contribution is -2.30. The van der Waals surface area contributed by atoms with E-state index in [-0.39, 0.29) is 12.1 Å². The lowest BCUT2D eigenvalue weighted by atomic mass is 10.0. The molecule has 0 fully saturated rings. The first-order chi connectivity index (χ1) is 9.72. The summed E-state index contributed by atoms with van der Waals surface area (Å²) in [5.74, 6) is 0.821. The number of nitrogens with two attached hydrogens (primary N) is 1. The Kier molecular flexibility index (Phi) is 8.26. The maximum absolute atomic E-state index is 6.18. The van der Waals surface area contributed by atoms with Crippen LogP contribution >= 0.6 is 0 Å². The summed E-state index contributed by atoms with van der Waals surface area (Å²) < 4.78 is 16.6. The van der Waals surface area contributed by atoms with Crippen LogP contribution in [0.1, 0.15) is 38.4 Å². The third kappa shape index (κ3) is 5.49. The SMILES string of the molecule is CCCOCCOC(c1cccc(OC)c1)C(N)CC. The van der Waals surface area contributed by atoms with Gasteiger partial charge in [-0.15, -0.1) is 0 Å². The number of hydrogen-bond donors (Lipinski definition) is 1. The van der Waals surface area contributed by atoms with Crippen molar-refractivity contribution in [1.29, 1.82) is 0 Å². The van der Waals surface area contributed by atoms with Crippen molar-refractivity contribution in [2.45, 2.75) is 38.8 Å². The maximum atomic E-state index is 6.18. The normalized spacial score (nSPS) is 14.0. The zero-order valence-electron chi connectivity index (χ0n) is 12.8. The Hall–Kier alpha value is -1.10. The van der Waals surface area contributed by atoms with Crippen molar-refractivity contribution in [3.05, 3.63) is 29.8 Å². The van der Waals surface area contributed by atoms with E-state index >= 15 is 0 Å². The highest BCUT2D eigenvalue weighted by Gasteiger charge is 2.19. The summed E-state index contributed by atoms with van der Waals surface area (Å²) in [4.78, 5) is 0. The quantitative estimate of drug-likeness (QED) is 0.670. The Balaban J connectivity index is 2.63. The van der Waals surface area contributed by atoms with Gasteiger partial charge in [-0.3, -0.25) is 0 Å². The molecule has 0 aliphatic heterocycles. The topological polar surface area (TPSA) is 53.7 Å². The van der Waals surface area contributed by atoms with Crippen LogP contribution in [0.2, 0.25) is 0 Å². The lowest BCUT2D eigenvalue weighted by Gasteiger charge is -2.24. The second kappa shape index (κ2) is 9.75. The smallest absolute Gasteiger partial charge is 0.119 e. The molecule has 0 saturated heterocycles. The van der Waals surface area contributed by atoms with Crippen molar-refractivity contribution in [3.8, 4) is 5.75 Å². The predicted octanol–water partition coefficient (Wildman–Crippen LogP) is 2.92. The predicted molar refractivity (Wildman–Crippen MR) is 81.1 cm³/mol. The molecule has 1 rings (SSSR count). The fourth-order valence-electron chi connectivity index (χ4n) is 1.98. The molecule has 0 radical (unpaired) electrons. The van der Waals surface area contributed by atoms with Crippen LogP contribution in [0, 0.1) is 0 Å². The van der Waals surface area contributed by atoms with Gasteiger partial charge < -0.3 is 19.9 Å². The molecule has 4 heteroatoms. The Morgan fingerprint density at radius 3 is 2.60 bits per heavy atom. The van der Waals surface area contributed by atoms with E-state index in [4.69, 9.17) is 19.9 Å². The van der Waals surface area contributed by atoms with Gasteiger partial charge in [0.25, 0.3) is 0 Å². The van der Waals surface area contributed by atoms with E-state index in [1.165, 1.54) is 0 Å². The minimum absolute atomic E-state index is 0.0340. The van der Waals surface area contributed by atoms with Gasteiger partial charge in [-0.1, -0.05) is 26.0 Å². The van der Waals surface area contributed by atoms with Crippen LogP contribution in [0.5, 0.6) is 5.75 Å². The minimum Gasteiger partial charge on any atom is -0.497 e. The fourth-order valence-corrected chi connectivity index (χ4v) is 1.98. The zero-order chi connectivity index (χ0) is 14.8. The largest absolute Gasteiger partial charge is 0.497 e. The molecule has 2 N–H and O–H groups in total. The first kappa shape index (κ1) is 17.0. The van der Waals surface area contributed by atoms with Gasteiger partial charge in [0.05, 0.1) is 26.4 Å². The molecule has 0 bridgehead atoms. The van der Waals surface area contributed by atoms with E-state index < -0.39 is 0 Å². The van der Waals surface area contributed by atoms with Gasteiger partial charge in [0.2, 0.25) is 0 Å². The van der Waals surface area contributed by atoms with E-state index in [2.05, 4.69) is 13.8 Å². The first-order valence-electron chi connectivity index (χ1n) is 7.31. The monoisotopic (exact) mass is 281 g/mol. The average Bonchev–Trinajstić information content (AvgIpc) is 2.50. The molecule has 0 heterocycles. The number of rotatable bonds is 10. The molecule has 4 nitrogen and oxygen atoms in total. The van der Waals surface area contributed by atoms with Crippen molar-refractivity contribution in [3.63, 3.8) is 0 Å². The first-order valence-corrected chi connectivity index (χ1v) is 7.31. The number of benzene rings is 1. The molecule has 114 valence electrons. The van der Waals surface area contributed by atoms with Crippen molar-refractivity contribution in [2.24, 2.45) is 5.73 Å². The standard InChI is InChI=1S/C16H27NO3/c1-4-9-19-10-11-20-16(15(17)5-2)13-7-6-8-14(12-13)18-3/h6-8,12,15-16H,4-5,9-11,17H2,1-3H3. The van der Waals surface area contributed by atoms with Gasteiger partial charge in [-0.25, -0.2) is 0 Å². The number of hydrogen-bond acceptors (Lipinski definition) is 4. The molecule has 20 heavy (non-hydrogen) atoms. The van der Waals surface area contributed by atoms with Gasteiger partial charge >= 0.3 is 0 Å². The van der Waals surface area contributed by atoms with Gasteiger partial charge in [-0.2, -0.15) is 0 Å². The van der Waals surface area contributed by atoms with Crippen molar-refractivity contribution in [1.82, 2.24) is 0 Å². The van der Waals surface area contributed by atoms with Crippen LogP contribution in [0.4, 0.5) is 0 Å². The lowest BCUT2D eigenvalue weighted by molar-refractivity contribution is -0.00773. The highest BCUT2D eigenvalue weighted by atomic mass is 16.5. The summed E-state index contributed by atoms with van der Waals surface area (Å²) >= 11 is 0. The molecule has 0 aliphatic rings. The second-order valence-corrected chi connectivity index (χ2v) is 4.75. The molecular weight excluding hydrogens is 254 g/mol. The van der Waals surface area contributed by atoms with E-state index in [9.17, 15) is 0 Å². The molecule has 0 aromatic heterocycles. The highest BCUT2D eigenvalue weighted by molar-refractivity contribution is 5.30. The molecule has 2 unspecified atom stereocenters. The van der Waals surface area contributed by atoms with Gasteiger partial charge in [0, 0.05) is 12.6 Å². The van der Waals surface area contributed by atoms with Crippen LogP contribution in [-0.4, -0.2) is 33.0 Å². The highest BCUT2D eigenvalue weighted by Crippen LogP contribution is 2.25. The van der Waals surface area contributed by atoms with Crippen LogP contribution in [0.25, 0.3) is 0 Å². The molecule has 0 amide bonds. The maximum Gasteiger partial charge on any atom is 0.119 e. The second-order valence-electron chi connectivity index (χ2n) is 4.75. The molecule has 0 aliphatic carbocycles.